The van der Waals surface area contributed by atoms with E-state index in [1.807, 2.05) is 0 Å². The third-order valence-electron chi connectivity index (χ3n) is 5.27. The van der Waals surface area contributed by atoms with Crippen LogP contribution in [0.25, 0.3) is 0 Å². The van der Waals surface area contributed by atoms with Gasteiger partial charge in [0.2, 0.25) is 5.91 Å². The van der Waals surface area contributed by atoms with Gasteiger partial charge in [0, 0.05) is 24.4 Å². The Hall–Kier alpha value is -4.12. The average Bonchev–Trinajstić information content (AvgIpc) is 3.30. The minimum Gasteiger partial charge on any atom is -0.465 e. The van der Waals surface area contributed by atoms with Crippen molar-refractivity contribution in [1.82, 2.24) is 4.90 Å². The van der Waals surface area contributed by atoms with Gasteiger partial charge in [0.15, 0.2) is 5.12 Å². The van der Waals surface area contributed by atoms with Crippen LogP contribution in [0.4, 0.5) is 10.5 Å². The second-order valence-corrected chi connectivity index (χ2v) is 9.46. The normalized spacial score (nSPS) is 16.4. The molecule has 1 aliphatic heterocycles. The van der Waals surface area contributed by atoms with Gasteiger partial charge in [-0.25, -0.2) is 14.4 Å². The number of methoxy groups -OCH3 is 1. The Bertz CT molecular complexity index is 1200. The van der Waals surface area contributed by atoms with Crippen molar-refractivity contribution in [2.45, 2.75) is 24.6 Å². The van der Waals surface area contributed by atoms with Crippen LogP contribution in [0.3, 0.4) is 0 Å². The van der Waals surface area contributed by atoms with E-state index in [1.165, 1.54) is 43.2 Å². The number of anilines is 1. The van der Waals surface area contributed by atoms with Crippen LogP contribution < -0.4 is 10.1 Å². The first-order valence-corrected chi connectivity index (χ1v) is 12.1. The zero-order valence-electron chi connectivity index (χ0n) is 20.3. The van der Waals surface area contributed by atoms with Crippen LogP contribution in [0.2, 0.25) is 0 Å². The fraction of sp³-hybridized carbons (Fsp3) is 0.269. The van der Waals surface area contributed by atoms with Crippen molar-refractivity contribution in [1.29, 1.82) is 0 Å². The van der Waals surface area contributed by atoms with E-state index >= 15 is 0 Å². The van der Waals surface area contributed by atoms with E-state index in [0.29, 0.717) is 5.75 Å². The van der Waals surface area contributed by atoms with Gasteiger partial charge in [-0.2, -0.15) is 0 Å². The Morgan fingerprint density at radius 3 is 2.38 bits per heavy atom. The van der Waals surface area contributed by atoms with Gasteiger partial charge in [0.1, 0.15) is 18.4 Å². The molecule has 37 heavy (non-hydrogen) atoms. The molecule has 0 saturated carbocycles. The molecule has 2 atom stereocenters. The van der Waals surface area contributed by atoms with Gasteiger partial charge < -0.3 is 19.5 Å². The number of amides is 2. The summed E-state index contributed by atoms with van der Waals surface area (Å²) in [5, 5.41) is 2.20. The van der Waals surface area contributed by atoms with E-state index in [2.05, 4.69) is 11.9 Å². The number of ether oxygens (including phenoxy) is 3. The maximum atomic E-state index is 13.3. The average molecular weight is 527 g/mol. The molecule has 1 aliphatic rings. The predicted molar refractivity (Wildman–Crippen MR) is 137 cm³/mol. The number of hydrogen-bond acceptors (Lipinski definition) is 9. The molecule has 194 valence electrons. The van der Waals surface area contributed by atoms with Gasteiger partial charge >= 0.3 is 18.0 Å². The quantitative estimate of drug-likeness (QED) is 0.405. The summed E-state index contributed by atoms with van der Waals surface area (Å²) in [5.41, 5.74) is 0.150. The Morgan fingerprint density at radius 1 is 1.08 bits per heavy atom. The SMILES string of the molecule is C=CCOC(=O)c1cc(NC(=O)[C@@H]2C[C@H](SC(C)=O)CN2C(=O)Oc2ccccc2)cc(C(=O)OC)c1. The Labute approximate surface area is 217 Å². The fourth-order valence-corrected chi connectivity index (χ4v) is 4.70. The lowest BCUT2D eigenvalue weighted by Gasteiger charge is -2.23. The molecular formula is C26H26N2O8S. The van der Waals surface area contributed by atoms with Crippen molar-refractivity contribution in [3.63, 3.8) is 0 Å². The van der Waals surface area contributed by atoms with Gasteiger partial charge in [0.25, 0.3) is 0 Å². The predicted octanol–water partition coefficient (Wildman–Crippen LogP) is 3.68. The first-order valence-electron chi connectivity index (χ1n) is 11.2. The lowest BCUT2D eigenvalue weighted by Crippen LogP contribution is -2.44. The summed E-state index contributed by atoms with van der Waals surface area (Å²) in [6.07, 6.45) is 0.851. The van der Waals surface area contributed by atoms with Crippen LogP contribution >= 0.6 is 11.8 Å². The summed E-state index contributed by atoms with van der Waals surface area (Å²) < 4.78 is 15.2. The van der Waals surface area contributed by atoms with E-state index in [4.69, 9.17) is 14.2 Å². The molecule has 2 amide bonds. The molecule has 0 aliphatic carbocycles. The summed E-state index contributed by atoms with van der Waals surface area (Å²) in [7, 11) is 1.19. The molecule has 3 rings (SSSR count). The number of para-hydroxylation sites is 1. The maximum Gasteiger partial charge on any atom is 0.415 e. The summed E-state index contributed by atoms with van der Waals surface area (Å²) >= 11 is 1.04. The second-order valence-electron chi connectivity index (χ2n) is 7.98. The summed E-state index contributed by atoms with van der Waals surface area (Å²) in [6.45, 7) is 4.97. The number of rotatable bonds is 8. The molecular weight excluding hydrogens is 500 g/mol. The molecule has 1 fully saturated rings. The molecule has 0 aromatic heterocycles. The summed E-state index contributed by atoms with van der Waals surface area (Å²) in [5.74, 6) is -1.72. The third kappa shape index (κ3) is 7.43. The van der Waals surface area contributed by atoms with Gasteiger partial charge in [-0.15, -0.1) is 0 Å². The minimum atomic E-state index is -0.967. The highest BCUT2D eigenvalue weighted by molar-refractivity contribution is 8.14. The van der Waals surface area contributed by atoms with Gasteiger partial charge in [-0.1, -0.05) is 42.6 Å². The number of likely N-dealkylation sites (tertiary alicyclic amines) is 1. The Balaban J connectivity index is 1.85. The number of hydrogen-bond donors (Lipinski definition) is 1. The van der Waals surface area contributed by atoms with E-state index in [1.54, 1.807) is 30.3 Å². The lowest BCUT2D eigenvalue weighted by atomic mass is 10.1. The smallest absolute Gasteiger partial charge is 0.415 e. The first-order chi connectivity index (χ1) is 17.7. The number of esters is 2. The van der Waals surface area contributed by atoms with Crippen LogP contribution in [-0.4, -0.2) is 65.5 Å². The van der Waals surface area contributed by atoms with Crippen molar-refractivity contribution < 1.29 is 38.2 Å². The first kappa shape index (κ1) is 27.5. The monoisotopic (exact) mass is 526 g/mol. The van der Waals surface area contributed by atoms with Crippen LogP contribution in [0.1, 0.15) is 34.1 Å². The highest BCUT2D eigenvalue weighted by atomic mass is 32.2. The molecule has 0 bridgehead atoms. The van der Waals surface area contributed by atoms with Gasteiger partial charge in [0.05, 0.1) is 18.2 Å². The topological polar surface area (TPSA) is 128 Å². The number of carbonyl (C=O) groups excluding carboxylic acids is 5. The van der Waals surface area contributed by atoms with E-state index in [9.17, 15) is 24.0 Å². The van der Waals surface area contributed by atoms with Crippen molar-refractivity contribution in [2.24, 2.45) is 0 Å². The molecule has 1 N–H and O–H groups in total. The molecule has 1 heterocycles. The van der Waals surface area contributed by atoms with Crippen LogP contribution in [0, 0.1) is 0 Å². The van der Waals surface area contributed by atoms with Gasteiger partial charge in [-0.05, 0) is 36.8 Å². The van der Waals surface area contributed by atoms with Crippen molar-refractivity contribution >= 4 is 46.5 Å². The van der Waals surface area contributed by atoms with E-state index in [0.717, 1.165) is 11.8 Å². The van der Waals surface area contributed by atoms with Crippen LogP contribution in [0.5, 0.6) is 5.75 Å². The Morgan fingerprint density at radius 2 is 1.76 bits per heavy atom. The standard InChI is InChI=1S/C26H26N2O8S/c1-4-10-35-25(32)18-11-17(24(31)34-3)12-19(13-18)27-23(30)22-14-21(37-16(2)29)15-28(22)26(33)36-20-8-6-5-7-9-20/h4-9,11-13,21-22H,1,10,14-15H2,2-3H3,(H,27,30)/t21-,22-/m0/s1. The number of carbonyl (C=O) groups is 5. The van der Waals surface area contributed by atoms with Crippen molar-refractivity contribution in [3.05, 3.63) is 72.3 Å². The molecule has 2 aromatic carbocycles. The highest BCUT2D eigenvalue weighted by Gasteiger charge is 2.41. The maximum absolute atomic E-state index is 13.3. The highest BCUT2D eigenvalue weighted by Crippen LogP contribution is 2.30. The molecule has 0 spiro atoms. The number of nitrogens with zero attached hydrogens (tertiary/aromatic N) is 1. The van der Waals surface area contributed by atoms with Gasteiger partial charge in [-0.3, -0.25) is 14.5 Å². The zero-order valence-corrected chi connectivity index (χ0v) is 21.1. The second kappa shape index (κ2) is 12.7. The van der Waals surface area contributed by atoms with E-state index < -0.39 is 30.0 Å². The third-order valence-corrected chi connectivity index (χ3v) is 6.28. The lowest BCUT2D eigenvalue weighted by molar-refractivity contribution is -0.119. The van der Waals surface area contributed by atoms with Crippen molar-refractivity contribution in [3.8, 4) is 5.75 Å². The molecule has 2 aromatic rings. The number of thioether (sulfide) groups is 1. The van der Waals surface area contributed by atoms with Crippen molar-refractivity contribution in [2.75, 3.05) is 25.6 Å². The zero-order chi connectivity index (χ0) is 26.9. The summed E-state index contributed by atoms with van der Waals surface area (Å²) in [4.78, 5) is 63.7. The van der Waals surface area contributed by atoms with E-state index in [-0.39, 0.29) is 46.8 Å². The fourth-order valence-electron chi connectivity index (χ4n) is 3.71. The van der Waals surface area contributed by atoms with Crippen LogP contribution in [0.15, 0.2) is 61.2 Å². The van der Waals surface area contributed by atoms with Crippen LogP contribution in [-0.2, 0) is 19.1 Å². The minimum absolute atomic E-state index is 0.0110. The number of benzene rings is 2. The molecule has 1 saturated heterocycles. The number of nitrogens with one attached hydrogen (secondary N) is 1. The molecule has 0 radical (unpaired) electrons. The largest absolute Gasteiger partial charge is 0.465 e. The Kier molecular flexibility index (Phi) is 9.45. The molecule has 11 heteroatoms. The molecule has 0 unspecified atom stereocenters. The summed E-state index contributed by atoms with van der Waals surface area (Å²) in [6, 6.07) is 11.4. The molecule has 10 nitrogen and oxygen atoms in total.